The van der Waals surface area contributed by atoms with Crippen molar-refractivity contribution in [1.29, 1.82) is 0 Å². The fourth-order valence-corrected chi connectivity index (χ4v) is 2.30. The molecule has 1 aliphatic carbocycles. The molecule has 1 heterocycles. The number of hydrogen-bond acceptors (Lipinski definition) is 4. The van der Waals surface area contributed by atoms with Gasteiger partial charge in [0, 0.05) is 18.9 Å². The van der Waals surface area contributed by atoms with Crippen molar-refractivity contribution < 1.29 is 14.6 Å². The summed E-state index contributed by atoms with van der Waals surface area (Å²) in [6.07, 6.45) is 2.85. The Morgan fingerprint density at radius 2 is 1.64 bits per heavy atom. The lowest BCUT2D eigenvalue weighted by Crippen LogP contribution is -2.52. The Morgan fingerprint density at radius 3 is 2.07 bits per heavy atom. The Morgan fingerprint density at radius 1 is 1.14 bits per heavy atom. The monoisotopic (exact) mass is 201 g/mol. The van der Waals surface area contributed by atoms with Crippen molar-refractivity contribution >= 4 is 0 Å². The maximum atomic E-state index is 10.2. The zero-order chi connectivity index (χ0) is 10.2. The van der Waals surface area contributed by atoms with E-state index in [1.165, 1.54) is 0 Å². The molecule has 1 saturated carbocycles. The molecule has 4 heteroatoms. The second-order valence-electron chi connectivity index (χ2n) is 4.50. The van der Waals surface area contributed by atoms with E-state index in [2.05, 4.69) is 0 Å². The molecule has 1 saturated heterocycles. The third-order valence-corrected chi connectivity index (χ3v) is 3.54. The van der Waals surface area contributed by atoms with Gasteiger partial charge in [-0.1, -0.05) is 0 Å². The van der Waals surface area contributed by atoms with E-state index in [0.29, 0.717) is 26.1 Å². The first-order chi connectivity index (χ1) is 6.56. The van der Waals surface area contributed by atoms with Gasteiger partial charge >= 0.3 is 0 Å². The molecule has 1 atom stereocenters. The second-order valence-corrected chi connectivity index (χ2v) is 4.50. The average molecular weight is 201 g/mol. The highest BCUT2D eigenvalue weighted by atomic mass is 16.7. The van der Waals surface area contributed by atoms with Crippen LogP contribution in [0.15, 0.2) is 0 Å². The minimum atomic E-state index is -0.722. The predicted molar refractivity (Wildman–Crippen MR) is 51.7 cm³/mol. The molecular weight excluding hydrogens is 182 g/mol. The maximum Gasteiger partial charge on any atom is 0.168 e. The average Bonchev–Trinajstić information content (AvgIpc) is 2.60. The Kier molecular flexibility index (Phi) is 2.55. The molecule has 1 aliphatic heterocycles. The molecule has 1 spiro atoms. The summed E-state index contributed by atoms with van der Waals surface area (Å²) < 4.78 is 11.2. The molecule has 1 unspecified atom stereocenters. The smallest absolute Gasteiger partial charge is 0.168 e. The molecule has 4 nitrogen and oxygen atoms in total. The van der Waals surface area contributed by atoms with Crippen molar-refractivity contribution in [1.82, 2.24) is 0 Å². The van der Waals surface area contributed by atoms with Gasteiger partial charge in [-0.15, -0.1) is 0 Å². The largest absolute Gasteiger partial charge is 0.388 e. The van der Waals surface area contributed by atoms with Gasteiger partial charge in [0.25, 0.3) is 0 Å². The summed E-state index contributed by atoms with van der Waals surface area (Å²) in [7, 11) is 0. The van der Waals surface area contributed by atoms with Gasteiger partial charge < -0.3 is 20.3 Å². The molecule has 3 N–H and O–H groups in total. The van der Waals surface area contributed by atoms with Crippen LogP contribution in [-0.2, 0) is 9.47 Å². The van der Waals surface area contributed by atoms with Crippen molar-refractivity contribution in [3.8, 4) is 0 Å². The highest BCUT2D eigenvalue weighted by Crippen LogP contribution is 2.41. The molecule has 0 aromatic carbocycles. The van der Waals surface area contributed by atoms with Crippen LogP contribution in [-0.4, -0.2) is 35.8 Å². The molecule has 0 bridgehead atoms. The lowest BCUT2D eigenvalue weighted by molar-refractivity contribution is -0.204. The minimum Gasteiger partial charge on any atom is -0.388 e. The Balaban J connectivity index is 1.97. The van der Waals surface area contributed by atoms with E-state index < -0.39 is 11.4 Å². The van der Waals surface area contributed by atoms with Crippen molar-refractivity contribution in [2.24, 2.45) is 5.73 Å². The summed E-state index contributed by atoms with van der Waals surface area (Å²) in [6, 6.07) is -0.179. The molecule has 2 fully saturated rings. The molecule has 0 amide bonds. The van der Waals surface area contributed by atoms with Crippen molar-refractivity contribution in [3.63, 3.8) is 0 Å². The van der Waals surface area contributed by atoms with E-state index in [1.54, 1.807) is 0 Å². The number of nitrogens with two attached hydrogens (primary N) is 1. The van der Waals surface area contributed by atoms with Crippen LogP contribution < -0.4 is 5.73 Å². The molecule has 14 heavy (non-hydrogen) atoms. The van der Waals surface area contributed by atoms with Gasteiger partial charge in [0.2, 0.25) is 0 Å². The van der Waals surface area contributed by atoms with Crippen molar-refractivity contribution in [2.75, 3.05) is 13.2 Å². The topological polar surface area (TPSA) is 64.7 Å². The normalized spacial score (nSPS) is 31.9. The van der Waals surface area contributed by atoms with Gasteiger partial charge in [0.15, 0.2) is 5.79 Å². The van der Waals surface area contributed by atoms with Crippen molar-refractivity contribution in [3.05, 3.63) is 0 Å². The van der Waals surface area contributed by atoms with Crippen LogP contribution >= 0.6 is 0 Å². The summed E-state index contributed by atoms with van der Waals surface area (Å²) in [5.74, 6) is -0.402. The number of hydrogen-bond donors (Lipinski definition) is 2. The fourth-order valence-electron chi connectivity index (χ4n) is 2.30. The maximum absolute atomic E-state index is 10.2. The van der Waals surface area contributed by atoms with E-state index >= 15 is 0 Å². The summed E-state index contributed by atoms with van der Waals surface area (Å²) in [6.45, 7) is 3.21. The Hall–Kier alpha value is -0.160. The third kappa shape index (κ3) is 1.67. The highest BCUT2D eigenvalue weighted by Gasteiger charge is 2.46. The Bertz CT molecular complexity index is 195. The molecule has 2 aliphatic rings. The zero-order valence-corrected chi connectivity index (χ0v) is 8.66. The number of ether oxygens (including phenoxy) is 2. The molecule has 0 radical (unpaired) electrons. The lowest BCUT2D eigenvalue weighted by atomic mass is 9.77. The zero-order valence-electron chi connectivity index (χ0n) is 8.66. The third-order valence-electron chi connectivity index (χ3n) is 3.54. The van der Waals surface area contributed by atoms with Crippen LogP contribution in [0, 0.1) is 0 Å². The van der Waals surface area contributed by atoms with E-state index in [1.807, 2.05) is 6.92 Å². The molecule has 2 rings (SSSR count). The first-order valence-corrected chi connectivity index (χ1v) is 5.32. The van der Waals surface area contributed by atoms with Crippen LogP contribution in [0.3, 0.4) is 0 Å². The fraction of sp³-hybridized carbons (Fsp3) is 1.00. The minimum absolute atomic E-state index is 0.179. The van der Waals surface area contributed by atoms with E-state index in [9.17, 15) is 5.11 Å². The number of rotatable bonds is 1. The van der Waals surface area contributed by atoms with E-state index in [4.69, 9.17) is 15.2 Å². The first kappa shape index (κ1) is 10.4. The lowest BCUT2D eigenvalue weighted by Gasteiger charge is -2.42. The van der Waals surface area contributed by atoms with E-state index in [0.717, 1.165) is 12.8 Å². The highest BCUT2D eigenvalue weighted by molar-refractivity contribution is 4.95. The molecular formula is C10H19NO3. The van der Waals surface area contributed by atoms with Crippen LogP contribution in [0.5, 0.6) is 0 Å². The number of aliphatic hydroxyl groups is 1. The SMILES string of the molecule is CC(N)C1(O)CCC2(CC1)OCCO2. The van der Waals surface area contributed by atoms with Crippen LogP contribution in [0.4, 0.5) is 0 Å². The van der Waals surface area contributed by atoms with Gasteiger partial charge in [-0.2, -0.15) is 0 Å². The van der Waals surface area contributed by atoms with Gasteiger partial charge in [-0.05, 0) is 19.8 Å². The van der Waals surface area contributed by atoms with Crippen LogP contribution in [0.25, 0.3) is 0 Å². The summed E-state index contributed by atoms with van der Waals surface area (Å²) >= 11 is 0. The predicted octanol–water partition coefficient (Wildman–Crippen LogP) is 0.382. The van der Waals surface area contributed by atoms with Crippen molar-refractivity contribution in [2.45, 2.75) is 50.0 Å². The van der Waals surface area contributed by atoms with Crippen LogP contribution in [0.2, 0.25) is 0 Å². The quantitative estimate of drug-likeness (QED) is 0.644. The summed E-state index contributed by atoms with van der Waals surface area (Å²) in [4.78, 5) is 0. The second kappa shape index (κ2) is 3.45. The van der Waals surface area contributed by atoms with Crippen LogP contribution in [0.1, 0.15) is 32.6 Å². The first-order valence-electron chi connectivity index (χ1n) is 5.32. The Labute approximate surface area is 84.4 Å². The summed E-state index contributed by atoms with van der Waals surface area (Å²) in [5, 5.41) is 10.2. The van der Waals surface area contributed by atoms with E-state index in [-0.39, 0.29) is 6.04 Å². The van der Waals surface area contributed by atoms with Gasteiger partial charge in [0.1, 0.15) is 0 Å². The standard InChI is InChI=1S/C10H19NO3/c1-8(11)9(12)2-4-10(5-3-9)13-6-7-14-10/h8,12H,2-7,11H2,1H3. The molecule has 0 aromatic rings. The molecule has 0 aromatic heterocycles. The van der Waals surface area contributed by atoms with Gasteiger partial charge in [-0.25, -0.2) is 0 Å². The van der Waals surface area contributed by atoms with Gasteiger partial charge in [0.05, 0.1) is 18.8 Å². The summed E-state index contributed by atoms with van der Waals surface area (Å²) in [5.41, 5.74) is 5.04. The van der Waals surface area contributed by atoms with Gasteiger partial charge in [-0.3, -0.25) is 0 Å². The molecule has 82 valence electrons.